The number of nitrogens with zero attached hydrogens (tertiary/aromatic N) is 1. The Morgan fingerprint density at radius 3 is 3.15 bits per heavy atom. The van der Waals surface area contributed by atoms with Crippen molar-refractivity contribution in [1.29, 1.82) is 0 Å². The van der Waals surface area contributed by atoms with Crippen molar-refractivity contribution in [1.82, 2.24) is 0 Å². The van der Waals surface area contributed by atoms with E-state index in [2.05, 4.69) is 0 Å². The number of hydrogen-bond donors (Lipinski definition) is 1. The lowest BCUT2D eigenvalue weighted by atomic mass is 10.2. The first kappa shape index (κ1) is 8.56. The second-order valence-electron chi connectivity index (χ2n) is 3.14. The van der Waals surface area contributed by atoms with Crippen molar-refractivity contribution in [2.75, 3.05) is 11.4 Å². The molecule has 1 aliphatic heterocycles. The Labute approximate surface area is 80.6 Å². The molecular formula is C9H11NO2S. The highest BCUT2D eigenvalue weighted by atomic mass is 32.1. The molecule has 0 unspecified atom stereocenters. The number of rotatable bonds is 2. The Morgan fingerprint density at radius 2 is 2.54 bits per heavy atom. The zero-order valence-electron chi connectivity index (χ0n) is 7.14. The summed E-state index contributed by atoms with van der Waals surface area (Å²) >= 11 is 1.60. The van der Waals surface area contributed by atoms with Crippen molar-refractivity contribution in [2.45, 2.75) is 18.9 Å². The minimum absolute atomic E-state index is 0.307. The van der Waals surface area contributed by atoms with Crippen LogP contribution in [0.25, 0.3) is 0 Å². The van der Waals surface area contributed by atoms with E-state index in [-0.39, 0.29) is 6.04 Å². The van der Waals surface area contributed by atoms with Crippen LogP contribution in [0, 0.1) is 0 Å². The molecule has 0 aromatic carbocycles. The molecule has 3 nitrogen and oxygen atoms in total. The Kier molecular flexibility index (Phi) is 2.22. The molecule has 0 saturated carbocycles. The van der Waals surface area contributed by atoms with E-state index >= 15 is 0 Å². The minimum Gasteiger partial charge on any atom is -0.480 e. The van der Waals surface area contributed by atoms with Crippen molar-refractivity contribution in [2.24, 2.45) is 0 Å². The van der Waals surface area contributed by atoms with Crippen LogP contribution >= 0.6 is 11.3 Å². The Balaban J connectivity index is 2.19. The number of thiophene rings is 1. The summed E-state index contributed by atoms with van der Waals surface area (Å²) in [5.41, 5.74) is 0. The maximum atomic E-state index is 10.9. The molecule has 0 bridgehead atoms. The normalized spacial score (nSPS) is 22.2. The first-order valence-electron chi connectivity index (χ1n) is 4.32. The van der Waals surface area contributed by atoms with Crippen LogP contribution < -0.4 is 4.90 Å². The molecular weight excluding hydrogens is 186 g/mol. The van der Waals surface area contributed by atoms with Crippen LogP contribution in [0.5, 0.6) is 0 Å². The van der Waals surface area contributed by atoms with Crippen LogP contribution in [0.15, 0.2) is 17.5 Å². The zero-order chi connectivity index (χ0) is 9.26. The molecule has 1 aromatic rings. The van der Waals surface area contributed by atoms with E-state index in [0.717, 1.165) is 24.4 Å². The summed E-state index contributed by atoms with van der Waals surface area (Å²) in [7, 11) is 0. The van der Waals surface area contributed by atoms with E-state index in [0.29, 0.717) is 0 Å². The molecule has 1 aromatic heterocycles. The fraction of sp³-hybridized carbons (Fsp3) is 0.444. The van der Waals surface area contributed by atoms with Crippen molar-refractivity contribution in [3.05, 3.63) is 17.5 Å². The van der Waals surface area contributed by atoms with Gasteiger partial charge >= 0.3 is 5.97 Å². The molecule has 70 valence electrons. The average molecular weight is 197 g/mol. The van der Waals surface area contributed by atoms with Gasteiger partial charge in [-0.3, -0.25) is 0 Å². The predicted octanol–water partition coefficient (Wildman–Crippen LogP) is 1.80. The third-order valence-corrected chi connectivity index (χ3v) is 3.23. The first-order valence-corrected chi connectivity index (χ1v) is 5.20. The van der Waals surface area contributed by atoms with Crippen LogP contribution in [-0.2, 0) is 4.79 Å². The molecule has 0 amide bonds. The molecule has 13 heavy (non-hydrogen) atoms. The van der Waals surface area contributed by atoms with E-state index in [1.54, 1.807) is 11.3 Å². The van der Waals surface area contributed by atoms with Gasteiger partial charge in [0.15, 0.2) is 0 Å². The van der Waals surface area contributed by atoms with E-state index in [1.165, 1.54) is 0 Å². The van der Waals surface area contributed by atoms with Crippen molar-refractivity contribution >= 4 is 22.3 Å². The second-order valence-corrected chi connectivity index (χ2v) is 4.07. The SMILES string of the molecule is O=C(O)[C@H]1CCCN1c1cccs1. The number of carbonyl (C=O) groups is 1. The van der Waals surface area contributed by atoms with Crippen LogP contribution in [0.4, 0.5) is 5.00 Å². The van der Waals surface area contributed by atoms with Crippen molar-refractivity contribution in [3.8, 4) is 0 Å². The molecule has 4 heteroatoms. The van der Waals surface area contributed by atoms with Crippen molar-refractivity contribution in [3.63, 3.8) is 0 Å². The highest BCUT2D eigenvalue weighted by Gasteiger charge is 2.30. The van der Waals surface area contributed by atoms with Gasteiger partial charge in [0, 0.05) is 6.54 Å². The van der Waals surface area contributed by atoms with Gasteiger partial charge in [0.25, 0.3) is 0 Å². The van der Waals surface area contributed by atoms with Crippen LogP contribution in [0.2, 0.25) is 0 Å². The van der Waals surface area contributed by atoms with Gasteiger partial charge in [-0.05, 0) is 30.4 Å². The number of hydrogen-bond acceptors (Lipinski definition) is 3. The van der Waals surface area contributed by atoms with Gasteiger partial charge in [-0.15, -0.1) is 11.3 Å². The molecule has 1 fully saturated rings. The summed E-state index contributed by atoms with van der Waals surface area (Å²) < 4.78 is 0. The monoisotopic (exact) mass is 197 g/mol. The fourth-order valence-corrected chi connectivity index (χ4v) is 2.53. The average Bonchev–Trinajstić information content (AvgIpc) is 2.74. The lowest BCUT2D eigenvalue weighted by Gasteiger charge is -2.21. The Bertz CT molecular complexity index is 297. The molecule has 1 aliphatic rings. The van der Waals surface area contributed by atoms with Crippen LogP contribution in [0.1, 0.15) is 12.8 Å². The number of carboxylic acid groups (broad SMARTS) is 1. The lowest BCUT2D eigenvalue weighted by Crippen LogP contribution is -2.35. The van der Waals surface area contributed by atoms with Crippen LogP contribution in [-0.4, -0.2) is 23.7 Å². The first-order chi connectivity index (χ1) is 6.29. The summed E-state index contributed by atoms with van der Waals surface area (Å²) in [6, 6.07) is 3.63. The van der Waals surface area contributed by atoms with Gasteiger partial charge in [-0.25, -0.2) is 4.79 Å². The molecule has 2 rings (SSSR count). The van der Waals surface area contributed by atoms with E-state index in [4.69, 9.17) is 5.11 Å². The van der Waals surface area contributed by atoms with Gasteiger partial charge in [-0.1, -0.05) is 0 Å². The van der Waals surface area contributed by atoms with Gasteiger partial charge in [0.1, 0.15) is 6.04 Å². The smallest absolute Gasteiger partial charge is 0.326 e. The lowest BCUT2D eigenvalue weighted by molar-refractivity contribution is -0.138. The molecule has 1 atom stereocenters. The highest BCUT2D eigenvalue weighted by molar-refractivity contribution is 7.14. The fourth-order valence-electron chi connectivity index (χ4n) is 1.72. The molecule has 1 saturated heterocycles. The zero-order valence-corrected chi connectivity index (χ0v) is 7.96. The molecule has 2 heterocycles. The molecule has 0 spiro atoms. The van der Waals surface area contributed by atoms with Crippen molar-refractivity contribution < 1.29 is 9.90 Å². The summed E-state index contributed by atoms with van der Waals surface area (Å²) in [6.45, 7) is 0.872. The van der Waals surface area contributed by atoms with Gasteiger partial charge in [0.05, 0.1) is 5.00 Å². The number of anilines is 1. The minimum atomic E-state index is -0.703. The topological polar surface area (TPSA) is 40.5 Å². The van der Waals surface area contributed by atoms with Crippen LogP contribution in [0.3, 0.4) is 0 Å². The van der Waals surface area contributed by atoms with E-state index < -0.39 is 5.97 Å². The van der Waals surface area contributed by atoms with E-state index in [1.807, 2.05) is 22.4 Å². The second kappa shape index (κ2) is 3.38. The Hall–Kier alpha value is -1.03. The highest BCUT2D eigenvalue weighted by Crippen LogP contribution is 2.29. The quantitative estimate of drug-likeness (QED) is 0.786. The van der Waals surface area contributed by atoms with Gasteiger partial charge < -0.3 is 10.0 Å². The maximum absolute atomic E-state index is 10.9. The van der Waals surface area contributed by atoms with Gasteiger partial charge in [0.2, 0.25) is 0 Å². The van der Waals surface area contributed by atoms with E-state index in [9.17, 15) is 4.79 Å². The summed E-state index contributed by atoms with van der Waals surface area (Å²) in [5.74, 6) is -0.703. The maximum Gasteiger partial charge on any atom is 0.326 e. The summed E-state index contributed by atoms with van der Waals surface area (Å²) in [6.07, 6.45) is 1.75. The largest absolute Gasteiger partial charge is 0.480 e. The summed E-state index contributed by atoms with van der Waals surface area (Å²) in [5, 5.41) is 12.0. The standard InChI is InChI=1S/C9H11NO2S/c11-9(12)7-3-1-5-10(7)8-4-2-6-13-8/h2,4,6-7H,1,3,5H2,(H,11,12)/t7-/m1/s1. The third-order valence-electron chi connectivity index (χ3n) is 2.33. The predicted molar refractivity (Wildman–Crippen MR) is 52.3 cm³/mol. The summed E-state index contributed by atoms with van der Waals surface area (Å²) in [4.78, 5) is 12.8. The molecule has 0 radical (unpaired) electrons. The molecule has 1 N–H and O–H groups in total. The van der Waals surface area contributed by atoms with Gasteiger partial charge in [-0.2, -0.15) is 0 Å². The third kappa shape index (κ3) is 1.54. The molecule has 0 aliphatic carbocycles. The number of aliphatic carboxylic acids is 1. The number of carboxylic acids is 1. The Morgan fingerprint density at radius 1 is 1.69 bits per heavy atom.